The molecule has 2 amide bonds. The van der Waals surface area contributed by atoms with E-state index in [4.69, 9.17) is 23.2 Å². The molecule has 0 bridgehead atoms. The SMILES string of the molecule is CCNC(=O)[C@@H](CC)N(CCc1ccccc1)C(=O)CN(c1cc(Cl)cc(Cl)c1)S(=O)(=O)c1ccccc1. The maximum atomic E-state index is 13.9. The number of hydrogen-bond acceptors (Lipinski definition) is 4. The summed E-state index contributed by atoms with van der Waals surface area (Å²) in [5.41, 5.74) is 1.14. The van der Waals surface area contributed by atoms with Crippen LogP contribution in [-0.4, -0.2) is 50.8 Å². The number of nitrogens with one attached hydrogen (secondary N) is 1. The maximum Gasteiger partial charge on any atom is 0.264 e. The van der Waals surface area contributed by atoms with Crippen molar-refractivity contribution in [1.82, 2.24) is 10.2 Å². The second-order valence-electron chi connectivity index (χ2n) is 8.59. The van der Waals surface area contributed by atoms with Gasteiger partial charge in [-0.15, -0.1) is 0 Å². The number of nitrogens with zero attached hydrogens (tertiary/aromatic N) is 2. The Labute approximate surface area is 234 Å². The molecule has 0 fully saturated rings. The Kier molecular flexibility index (Phi) is 10.6. The lowest BCUT2D eigenvalue weighted by Crippen LogP contribution is -2.53. The molecule has 0 unspecified atom stereocenters. The molecule has 202 valence electrons. The van der Waals surface area contributed by atoms with Crippen molar-refractivity contribution >= 4 is 50.7 Å². The van der Waals surface area contributed by atoms with Gasteiger partial charge < -0.3 is 10.2 Å². The van der Waals surface area contributed by atoms with Crippen LogP contribution >= 0.6 is 23.2 Å². The molecular formula is C28H31Cl2N3O4S. The maximum absolute atomic E-state index is 13.9. The smallest absolute Gasteiger partial charge is 0.264 e. The van der Waals surface area contributed by atoms with Gasteiger partial charge in [0.15, 0.2) is 0 Å². The van der Waals surface area contributed by atoms with Gasteiger partial charge in [-0.05, 0) is 55.7 Å². The molecule has 38 heavy (non-hydrogen) atoms. The van der Waals surface area contributed by atoms with E-state index in [1.165, 1.54) is 35.2 Å². The fourth-order valence-corrected chi connectivity index (χ4v) is 6.05. The molecule has 0 saturated carbocycles. The predicted molar refractivity (Wildman–Crippen MR) is 152 cm³/mol. The predicted octanol–water partition coefficient (Wildman–Crippen LogP) is 5.17. The first kappa shape index (κ1) is 29.5. The van der Waals surface area contributed by atoms with Crippen molar-refractivity contribution in [2.75, 3.05) is 23.9 Å². The van der Waals surface area contributed by atoms with Crippen LogP contribution in [0.3, 0.4) is 0 Å². The molecule has 0 spiro atoms. The summed E-state index contributed by atoms with van der Waals surface area (Å²) in [4.78, 5) is 28.3. The van der Waals surface area contributed by atoms with E-state index in [1.54, 1.807) is 25.1 Å². The van der Waals surface area contributed by atoms with Crippen molar-refractivity contribution in [3.8, 4) is 0 Å². The minimum atomic E-state index is -4.18. The molecule has 1 atom stereocenters. The fourth-order valence-electron chi connectivity index (χ4n) is 4.12. The van der Waals surface area contributed by atoms with Crippen molar-refractivity contribution in [2.24, 2.45) is 0 Å². The van der Waals surface area contributed by atoms with Crippen LogP contribution in [0.25, 0.3) is 0 Å². The van der Waals surface area contributed by atoms with Crippen molar-refractivity contribution in [3.63, 3.8) is 0 Å². The average molecular weight is 577 g/mol. The third-order valence-electron chi connectivity index (χ3n) is 5.97. The minimum Gasteiger partial charge on any atom is -0.355 e. The van der Waals surface area contributed by atoms with E-state index in [-0.39, 0.29) is 33.1 Å². The van der Waals surface area contributed by atoms with Gasteiger partial charge in [0.05, 0.1) is 10.6 Å². The zero-order chi connectivity index (χ0) is 27.7. The Morgan fingerprint density at radius 1 is 0.895 bits per heavy atom. The highest BCUT2D eigenvalue weighted by Gasteiger charge is 2.33. The molecule has 3 aromatic carbocycles. The molecule has 0 heterocycles. The molecule has 0 aliphatic heterocycles. The topological polar surface area (TPSA) is 86.8 Å². The quantitative estimate of drug-likeness (QED) is 0.322. The Bertz CT molecular complexity index is 1320. The summed E-state index contributed by atoms with van der Waals surface area (Å²) in [6.07, 6.45) is 0.859. The summed E-state index contributed by atoms with van der Waals surface area (Å²) < 4.78 is 28.5. The van der Waals surface area contributed by atoms with Gasteiger partial charge in [0.2, 0.25) is 11.8 Å². The molecule has 0 saturated heterocycles. The number of amides is 2. The Hall–Kier alpha value is -3.07. The average Bonchev–Trinajstić information content (AvgIpc) is 2.90. The summed E-state index contributed by atoms with van der Waals surface area (Å²) in [6.45, 7) is 3.72. The number of rotatable bonds is 12. The normalized spacial score (nSPS) is 12.0. The fraction of sp³-hybridized carbons (Fsp3) is 0.286. The van der Waals surface area contributed by atoms with Gasteiger partial charge in [-0.2, -0.15) is 0 Å². The molecule has 0 aliphatic rings. The first-order valence-electron chi connectivity index (χ1n) is 12.3. The molecule has 0 radical (unpaired) electrons. The number of anilines is 1. The van der Waals surface area contributed by atoms with Crippen molar-refractivity contribution < 1.29 is 18.0 Å². The number of likely N-dealkylation sites (N-methyl/N-ethyl adjacent to an activating group) is 1. The van der Waals surface area contributed by atoms with Gasteiger partial charge in [0, 0.05) is 23.1 Å². The standard InChI is InChI=1S/C28H31Cl2N3O4S/c1-3-26(28(35)31-4-2)32(16-15-21-11-7-5-8-12-21)27(34)20-33(24-18-22(29)17-23(30)19-24)38(36,37)25-13-9-6-10-14-25/h5-14,17-19,26H,3-4,15-16,20H2,1-2H3,(H,31,35)/t26-/m1/s1. The number of carbonyl (C=O) groups excluding carboxylic acids is 2. The minimum absolute atomic E-state index is 0.00972. The van der Waals surface area contributed by atoms with E-state index >= 15 is 0 Å². The molecule has 10 heteroatoms. The Morgan fingerprint density at radius 3 is 2.03 bits per heavy atom. The number of hydrogen-bond donors (Lipinski definition) is 1. The van der Waals surface area contributed by atoms with E-state index in [9.17, 15) is 18.0 Å². The van der Waals surface area contributed by atoms with Crippen molar-refractivity contribution in [1.29, 1.82) is 0 Å². The lowest BCUT2D eigenvalue weighted by atomic mass is 10.1. The molecule has 7 nitrogen and oxygen atoms in total. The van der Waals surface area contributed by atoms with Crippen molar-refractivity contribution in [2.45, 2.75) is 37.6 Å². The second kappa shape index (κ2) is 13.6. The van der Waals surface area contributed by atoms with Crippen LogP contribution in [0.15, 0.2) is 83.8 Å². The second-order valence-corrected chi connectivity index (χ2v) is 11.3. The Balaban J connectivity index is 2.02. The lowest BCUT2D eigenvalue weighted by molar-refractivity contribution is -0.139. The van der Waals surface area contributed by atoms with Gasteiger partial charge in [0.1, 0.15) is 12.6 Å². The summed E-state index contributed by atoms with van der Waals surface area (Å²) >= 11 is 12.4. The van der Waals surface area contributed by atoms with E-state index in [0.29, 0.717) is 19.4 Å². The number of benzene rings is 3. The third-order valence-corrected chi connectivity index (χ3v) is 8.19. The molecular weight excluding hydrogens is 545 g/mol. The summed E-state index contributed by atoms with van der Waals surface area (Å²) in [5.74, 6) is -0.811. The van der Waals surface area contributed by atoms with Crippen LogP contribution in [0.1, 0.15) is 25.8 Å². The van der Waals surface area contributed by atoms with Crippen LogP contribution in [0, 0.1) is 0 Å². The zero-order valence-corrected chi connectivity index (χ0v) is 23.6. The molecule has 3 rings (SSSR count). The number of sulfonamides is 1. The highest BCUT2D eigenvalue weighted by atomic mass is 35.5. The summed E-state index contributed by atoms with van der Waals surface area (Å²) in [5, 5.41) is 3.24. The summed E-state index contributed by atoms with van der Waals surface area (Å²) in [7, 11) is -4.18. The van der Waals surface area contributed by atoms with Crippen LogP contribution in [-0.2, 0) is 26.0 Å². The lowest BCUT2D eigenvalue weighted by Gasteiger charge is -2.33. The molecule has 0 aliphatic carbocycles. The van der Waals surface area contributed by atoms with E-state index in [0.717, 1.165) is 9.87 Å². The largest absolute Gasteiger partial charge is 0.355 e. The highest BCUT2D eigenvalue weighted by molar-refractivity contribution is 7.92. The van der Waals surface area contributed by atoms with Crippen LogP contribution < -0.4 is 9.62 Å². The van der Waals surface area contributed by atoms with Gasteiger partial charge in [0.25, 0.3) is 10.0 Å². The Morgan fingerprint density at radius 2 is 1.47 bits per heavy atom. The van der Waals surface area contributed by atoms with Gasteiger partial charge in [-0.3, -0.25) is 13.9 Å². The molecule has 1 N–H and O–H groups in total. The van der Waals surface area contributed by atoms with Crippen LogP contribution in [0.4, 0.5) is 5.69 Å². The van der Waals surface area contributed by atoms with Gasteiger partial charge >= 0.3 is 0 Å². The summed E-state index contributed by atoms with van der Waals surface area (Å²) in [6, 6.07) is 21.0. The number of carbonyl (C=O) groups is 2. The van der Waals surface area contributed by atoms with E-state index in [2.05, 4.69) is 5.32 Å². The monoisotopic (exact) mass is 575 g/mol. The first-order valence-corrected chi connectivity index (χ1v) is 14.5. The van der Waals surface area contributed by atoms with Crippen molar-refractivity contribution in [3.05, 3.63) is 94.5 Å². The molecule has 3 aromatic rings. The van der Waals surface area contributed by atoms with Gasteiger partial charge in [-0.1, -0.05) is 78.7 Å². The molecule has 0 aromatic heterocycles. The first-order chi connectivity index (χ1) is 18.2. The van der Waals surface area contributed by atoms with Crippen LogP contribution in [0.5, 0.6) is 0 Å². The third kappa shape index (κ3) is 7.49. The highest BCUT2D eigenvalue weighted by Crippen LogP contribution is 2.30. The van der Waals surface area contributed by atoms with E-state index in [1.807, 2.05) is 37.3 Å². The van der Waals surface area contributed by atoms with E-state index < -0.39 is 28.5 Å². The van der Waals surface area contributed by atoms with Crippen LogP contribution in [0.2, 0.25) is 10.0 Å². The van der Waals surface area contributed by atoms with Gasteiger partial charge in [-0.25, -0.2) is 8.42 Å². The number of halogens is 2. The zero-order valence-electron chi connectivity index (χ0n) is 21.3.